The lowest BCUT2D eigenvalue weighted by atomic mass is 10.0. The second-order valence-corrected chi connectivity index (χ2v) is 7.90. The maximum Gasteiger partial charge on any atom is 0.390 e. The summed E-state index contributed by atoms with van der Waals surface area (Å²) >= 11 is 0. The molecule has 0 aliphatic heterocycles. The smallest absolute Gasteiger partial charge is 0.390 e. The molecule has 1 amide bonds. The molecule has 34 heavy (non-hydrogen) atoms. The average Bonchev–Trinajstić information content (AvgIpc) is 3.22. The number of carbonyl (C=O) groups excluding carboxylic acids is 1. The van der Waals surface area contributed by atoms with Gasteiger partial charge in [-0.05, 0) is 36.8 Å². The minimum Gasteiger partial charge on any atom is -0.507 e. The fraction of sp³-hybridized carbons (Fsp3) is 0.200. The van der Waals surface area contributed by atoms with Gasteiger partial charge in [-0.15, -0.1) is 0 Å². The number of imidazole rings is 1. The zero-order chi connectivity index (χ0) is 24.5. The number of para-hydroxylation sites is 1. The zero-order valence-corrected chi connectivity index (χ0v) is 18.6. The van der Waals surface area contributed by atoms with E-state index in [9.17, 15) is 23.1 Å². The van der Waals surface area contributed by atoms with Crippen LogP contribution in [-0.4, -0.2) is 40.2 Å². The molecule has 0 aliphatic rings. The molecule has 0 saturated carbocycles. The van der Waals surface area contributed by atoms with E-state index in [-0.39, 0.29) is 18.2 Å². The van der Waals surface area contributed by atoms with Crippen LogP contribution in [-0.2, 0) is 0 Å². The Labute approximate surface area is 194 Å². The van der Waals surface area contributed by atoms with Gasteiger partial charge in [-0.25, -0.2) is 4.98 Å². The third-order valence-electron chi connectivity index (χ3n) is 5.54. The Hall–Kier alpha value is -4.01. The number of alkyl halides is 3. The van der Waals surface area contributed by atoms with Crippen molar-refractivity contribution in [1.29, 1.82) is 0 Å². The molecule has 0 radical (unpaired) electrons. The highest BCUT2D eigenvalue weighted by molar-refractivity contribution is 5.96. The molecule has 2 heterocycles. The normalized spacial score (nSPS) is 11.6. The van der Waals surface area contributed by atoms with Crippen LogP contribution >= 0.6 is 0 Å². The van der Waals surface area contributed by atoms with Crippen LogP contribution in [0.1, 0.15) is 22.3 Å². The minimum atomic E-state index is -4.29. The van der Waals surface area contributed by atoms with Crippen LogP contribution in [0.15, 0.2) is 60.9 Å². The molecule has 0 saturated heterocycles. The molecule has 9 heteroatoms. The van der Waals surface area contributed by atoms with Gasteiger partial charge in [0.25, 0.3) is 5.91 Å². The first-order valence-electron chi connectivity index (χ1n) is 10.6. The van der Waals surface area contributed by atoms with Crippen molar-refractivity contribution in [3.8, 4) is 28.1 Å². The maximum absolute atomic E-state index is 12.7. The number of anilines is 1. The largest absolute Gasteiger partial charge is 0.507 e. The number of hydrogen-bond donors (Lipinski definition) is 3. The second-order valence-electron chi connectivity index (χ2n) is 7.90. The molecule has 2 aromatic carbocycles. The lowest BCUT2D eigenvalue weighted by Gasteiger charge is -2.14. The number of halogens is 3. The molecule has 0 aliphatic carbocycles. The van der Waals surface area contributed by atoms with Crippen molar-refractivity contribution >= 4 is 17.2 Å². The molecular weight excluding hydrogens is 445 g/mol. The molecule has 0 unspecified atom stereocenters. The van der Waals surface area contributed by atoms with E-state index >= 15 is 0 Å². The molecule has 0 fully saturated rings. The number of pyridine rings is 1. The van der Waals surface area contributed by atoms with Crippen molar-refractivity contribution in [3.05, 3.63) is 72.1 Å². The van der Waals surface area contributed by atoms with Crippen LogP contribution in [0, 0.1) is 6.92 Å². The number of amides is 1. The number of fused-ring (bicyclic) bond motifs is 1. The van der Waals surface area contributed by atoms with Crippen LogP contribution < -0.4 is 10.6 Å². The number of aromatic nitrogens is 2. The summed E-state index contributed by atoms with van der Waals surface area (Å²) in [6.07, 6.45) is -1.87. The van der Waals surface area contributed by atoms with Crippen molar-refractivity contribution < 1.29 is 23.1 Å². The number of hydrogen-bond acceptors (Lipinski definition) is 4. The van der Waals surface area contributed by atoms with E-state index in [4.69, 9.17) is 0 Å². The van der Waals surface area contributed by atoms with E-state index in [1.807, 2.05) is 13.0 Å². The van der Waals surface area contributed by atoms with Crippen molar-refractivity contribution in [2.45, 2.75) is 19.5 Å². The summed E-state index contributed by atoms with van der Waals surface area (Å²) in [5.74, 6) is -0.143. The Kier molecular flexibility index (Phi) is 6.19. The van der Waals surface area contributed by atoms with Gasteiger partial charge in [0.1, 0.15) is 5.75 Å². The molecule has 6 nitrogen and oxygen atoms in total. The summed E-state index contributed by atoms with van der Waals surface area (Å²) in [4.78, 5) is 16.5. The Morgan fingerprint density at radius 2 is 1.88 bits per heavy atom. The number of phenolic OH excluding ortho intramolecular Hbond substituents is 1. The van der Waals surface area contributed by atoms with Gasteiger partial charge >= 0.3 is 6.18 Å². The van der Waals surface area contributed by atoms with Crippen LogP contribution in [0.2, 0.25) is 0 Å². The fourth-order valence-corrected chi connectivity index (χ4v) is 3.85. The number of rotatable bonds is 6. The third-order valence-corrected chi connectivity index (χ3v) is 5.54. The Morgan fingerprint density at radius 1 is 1.12 bits per heavy atom. The summed E-state index contributed by atoms with van der Waals surface area (Å²) in [7, 11) is 1.56. The van der Waals surface area contributed by atoms with E-state index in [2.05, 4.69) is 15.6 Å². The maximum atomic E-state index is 12.7. The van der Waals surface area contributed by atoms with Crippen LogP contribution in [0.25, 0.3) is 28.0 Å². The molecule has 4 rings (SSSR count). The SMILES string of the molecule is CNC(=O)c1ccc(-c2cnc3c(NCCC(F)(F)F)cc(-c4ccccc4O)cn23)cc1C. The number of carbonyl (C=O) groups is 1. The zero-order valence-electron chi connectivity index (χ0n) is 18.6. The van der Waals surface area contributed by atoms with Crippen molar-refractivity contribution in [3.63, 3.8) is 0 Å². The first-order valence-corrected chi connectivity index (χ1v) is 10.6. The van der Waals surface area contributed by atoms with Gasteiger partial charge in [0.05, 0.1) is 24.0 Å². The lowest BCUT2D eigenvalue weighted by molar-refractivity contribution is -0.131. The number of nitrogens with zero attached hydrogens (tertiary/aromatic N) is 2. The van der Waals surface area contributed by atoms with Gasteiger partial charge in [0, 0.05) is 42.0 Å². The lowest BCUT2D eigenvalue weighted by Crippen LogP contribution is -2.18. The number of nitrogens with one attached hydrogen (secondary N) is 2. The van der Waals surface area contributed by atoms with Crippen molar-refractivity contribution in [2.24, 2.45) is 0 Å². The van der Waals surface area contributed by atoms with Crippen LogP contribution in [0.3, 0.4) is 0 Å². The van der Waals surface area contributed by atoms with Gasteiger partial charge < -0.3 is 15.7 Å². The molecule has 4 aromatic rings. The number of benzene rings is 2. The summed E-state index contributed by atoms with van der Waals surface area (Å²) in [6.45, 7) is 1.51. The number of aromatic hydroxyl groups is 1. The minimum absolute atomic E-state index is 0.0514. The highest BCUT2D eigenvalue weighted by Crippen LogP contribution is 2.34. The average molecular weight is 468 g/mol. The van der Waals surface area contributed by atoms with Crippen LogP contribution in [0.5, 0.6) is 5.75 Å². The Morgan fingerprint density at radius 3 is 2.56 bits per heavy atom. The summed E-state index contributed by atoms with van der Waals surface area (Å²) in [5, 5.41) is 15.8. The molecule has 176 valence electrons. The highest BCUT2D eigenvalue weighted by atomic mass is 19.4. The quantitative estimate of drug-likeness (QED) is 0.354. The summed E-state index contributed by atoms with van der Waals surface area (Å²) < 4.78 is 39.9. The van der Waals surface area contributed by atoms with E-state index in [1.54, 1.807) is 66.3 Å². The monoisotopic (exact) mass is 468 g/mol. The first-order chi connectivity index (χ1) is 16.2. The van der Waals surface area contributed by atoms with Gasteiger partial charge in [0.2, 0.25) is 0 Å². The van der Waals surface area contributed by atoms with E-state index in [0.29, 0.717) is 33.7 Å². The van der Waals surface area contributed by atoms with Gasteiger partial charge in [0.15, 0.2) is 5.65 Å². The fourth-order valence-electron chi connectivity index (χ4n) is 3.85. The summed E-state index contributed by atoms with van der Waals surface area (Å²) in [6, 6.07) is 13.8. The molecule has 0 bridgehead atoms. The number of aryl methyl sites for hydroxylation is 1. The van der Waals surface area contributed by atoms with Gasteiger partial charge in [-0.2, -0.15) is 13.2 Å². The van der Waals surface area contributed by atoms with Crippen molar-refractivity contribution in [2.75, 3.05) is 18.9 Å². The molecular formula is C25H23F3N4O2. The standard InChI is InChI=1S/C25H23F3N4O2/c1-15-11-16(7-8-18(15)24(34)29-2)21-13-31-23-20(30-10-9-25(26,27)28)12-17(14-32(21)23)19-5-3-4-6-22(19)33/h3-8,11-14,30,33H,9-10H2,1-2H3,(H,29,34). The Balaban J connectivity index is 1.84. The summed E-state index contributed by atoms with van der Waals surface area (Å²) in [5.41, 5.74) is 4.80. The first kappa shape index (κ1) is 23.2. The van der Waals surface area contributed by atoms with Gasteiger partial charge in [-0.1, -0.05) is 24.3 Å². The van der Waals surface area contributed by atoms with Crippen molar-refractivity contribution in [1.82, 2.24) is 14.7 Å². The molecule has 0 atom stereocenters. The molecule has 0 spiro atoms. The third kappa shape index (κ3) is 4.68. The van der Waals surface area contributed by atoms with Crippen LogP contribution in [0.4, 0.5) is 18.9 Å². The molecule has 2 aromatic heterocycles. The predicted molar refractivity (Wildman–Crippen MR) is 125 cm³/mol. The van der Waals surface area contributed by atoms with E-state index < -0.39 is 12.6 Å². The van der Waals surface area contributed by atoms with Gasteiger partial charge in [-0.3, -0.25) is 9.20 Å². The second kappa shape index (κ2) is 9.09. The highest BCUT2D eigenvalue weighted by Gasteiger charge is 2.26. The van der Waals surface area contributed by atoms with E-state index in [0.717, 1.165) is 11.1 Å². The van der Waals surface area contributed by atoms with E-state index in [1.165, 1.54) is 0 Å². The molecule has 3 N–H and O–H groups in total. The number of phenols is 1. The Bertz CT molecular complexity index is 1360. The topological polar surface area (TPSA) is 78.7 Å². The predicted octanol–water partition coefficient (Wildman–Crippen LogP) is 5.41.